The Morgan fingerprint density at radius 3 is 2.42 bits per heavy atom. The van der Waals surface area contributed by atoms with Crippen LogP contribution in [-0.4, -0.2) is 17.3 Å². The maximum Gasteiger partial charge on any atom is 0.573 e. The molecule has 0 saturated heterocycles. The van der Waals surface area contributed by atoms with Gasteiger partial charge in [-0.25, -0.2) is 4.39 Å². The molecule has 0 fully saturated rings. The number of hydrogen-bond acceptors (Lipinski definition) is 5. The third kappa shape index (κ3) is 5.59. The van der Waals surface area contributed by atoms with Crippen molar-refractivity contribution in [2.45, 2.75) is 18.9 Å². The van der Waals surface area contributed by atoms with Crippen LogP contribution < -0.4 is 15.4 Å². The van der Waals surface area contributed by atoms with Crippen molar-refractivity contribution in [2.75, 3.05) is 5.32 Å². The summed E-state index contributed by atoms with van der Waals surface area (Å²) in [6, 6.07) is 16.7. The Bertz CT molecular complexity index is 1220. The number of nitrogens with zero attached hydrogens (tertiary/aromatic N) is 1. The molecule has 6 nitrogen and oxygen atoms in total. The van der Waals surface area contributed by atoms with Gasteiger partial charge >= 0.3 is 6.36 Å². The fourth-order valence-electron chi connectivity index (χ4n) is 3.17. The summed E-state index contributed by atoms with van der Waals surface area (Å²) in [4.78, 5) is 17.3. The molecule has 1 atom stereocenters. The number of oxazole rings is 1. The van der Waals surface area contributed by atoms with E-state index in [0.29, 0.717) is 16.7 Å². The van der Waals surface area contributed by atoms with E-state index in [9.17, 15) is 22.4 Å². The van der Waals surface area contributed by atoms with Crippen molar-refractivity contribution in [3.8, 4) is 5.75 Å². The molecule has 0 aliphatic heterocycles. The summed E-state index contributed by atoms with van der Waals surface area (Å²) in [5.41, 5.74) is 1.59. The Kier molecular flexibility index (Phi) is 6.16. The third-order valence-electron chi connectivity index (χ3n) is 4.68. The van der Waals surface area contributed by atoms with Gasteiger partial charge in [0.2, 0.25) is 5.91 Å². The number of fused-ring (bicyclic) bond motifs is 1. The molecule has 1 unspecified atom stereocenters. The zero-order chi connectivity index (χ0) is 23.4. The first-order valence-electron chi connectivity index (χ1n) is 9.77. The summed E-state index contributed by atoms with van der Waals surface area (Å²) in [7, 11) is 0. The number of ether oxygens (including phenoxy) is 1. The van der Waals surface area contributed by atoms with Crippen LogP contribution in [0.25, 0.3) is 11.1 Å². The predicted octanol–water partition coefficient (Wildman–Crippen LogP) is 5.34. The SMILES string of the molecule is O=C(NCc1ccccc1OC(F)(F)F)C(Nc1nc2ccccc2o1)c1ccc(F)cc1. The number of nitrogens with one attached hydrogen (secondary N) is 2. The van der Waals surface area contributed by atoms with E-state index in [2.05, 4.69) is 20.4 Å². The molecule has 0 radical (unpaired) electrons. The second kappa shape index (κ2) is 9.19. The van der Waals surface area contributed by atoms with E-state index < -0.39 is 29.9 Å². The lowest BCUT2D eigenvalue weighted by molar-refractivity contribution is -0.274. The molecule has 0 spiro atoms. The lowest BCUT2D eigenvalue weighted by Crippen LogP contribution is -2.33. The molecule has 3 aromatic carbocycles. The number of anilines is 1. The second-order valence-electron chi connectivity index (χ2n) is 6.99. The van der Waals surface area contributed by atoms with E-state index in [1.54, 1.807) is 24.3 Å². The Labute approximate surface area is 185 Å². The van der Waals surface area contributed by atoms with Crippen LogP contribution in [0.15, 0.2) is 77.2 Å². The van der Waals surface area contributed by atoms with Crippen molar-refractivity contribution >= 4 is 23.0 Å². The van der Waals surface area contributed by atoms with E-state index >= 15 is 0 Å². The summed E-state index contributed by atoms with van der Waals surface area (Å²) in [5.74, 6) is -1.50. The molecule has 1 heterocycles. The highest BCUT2D eigenvalue weighted by Gasteiger charge is 2.32. The number of aromatic nitrogens is 1. The van der Waals surface area contributed by atoms with Gasteiger partial charge < -0.3 is 19.8 Å². The topological polar surface area (TPSA) is 76.4 Å². The van der Waals surface area contributed by atoms with Crippen molar-refractivity contribution in [3.63, 3.8) is 0 Å². The summed E-state index contributed by atoms with van der Waals surface area (Å²) in [5, 5.41) is 5.45. The molecule has 1 amide bonds. The average Bonchev–Trinajstić information content (AvgIpc) is 3.19. The largest absolute Gasteiger partial charge is 0.573 e. The molecular weight excluding hydrogens is 442 g/mol. The van der Waals surface area contributed by atoms with Crippen LogP contribution in [0, 0.1) is 5.82 Å². The standard InChI is InChI=1S/C23H17F4N3O3/c24-16-11-9-14(10-12-16)20(30-22-29-17-6-2-4-8-19(17)32-22)21(31)28-13-15-5-1-3-7-18(15)33-23(25,26)27/h1-12,20H,13H2,(H,28,31)(H,29,30). The van der Waals surface area contributed by atoms with Gasteiger partial charge in [0.25, 0.3) is 6.01 Å². The summed E-state index contributed by atoms with van der Waals surface area (Å²) in [6.45, 7) is -0.238. The zero-order valence-corrected chi connectivity index (χ0v) is 16.9. The summed E-state index contributed by atoms with van der Waals surface area (Å²) < 4.78 is 61.0. The number of carbonyl (C=O) groups is 1. The van der Waals surface area contributed by atoms with E-state index in [0.717, 1.165) is 6.07 Å². The molecule has 4 rings (SSSR count). The highest BCUT2D eigenvalue weighted by atomic mass is 19.4. The number of amides is 1. The van der Waals surface area contributed by atoms with Crippen LogP contribution in [0.4, 0.5) is 23.6 Å². The second-order valence-corrected chi connectivity index (χ2v) is 6.99. The average molecular weight is 459 g/mol. The van der Waals surface area contributed by atoms with Gasteiger partial charge in [0.1, 0.15) is 23.1 Å². The van der Waals surface area contributed by atoms with E-state index in [1.807, 2.05) is 0 Å². The quantitative estimate of drug-likeness (QED) is 0.365. The van der Waals surface area contributed by atoms with Crippen LogP contribution in [0.1, 0.15) is 17.2 Å². The van der Waals surface area contributed by atoms with E-state index in [-0.39, 0.29) is 18.1 Å². The number of alkyl halides is 3. The van der Waals surface area contributed by atoms with Gasteiger partial charge in [0.05, 0.1) is 0 Å². The fraction of sp³-hybridized carbons (Fsp3) is 0.130. The van der Waals surface area contributed by atoms with Gasteiger partial charge in [-0.15, -0.1) is 13.2 Å². The minimum Gasteiger partial charge on any atom is -0.424 e. The molecule has 170 valence electrons. The molecular formula is C23H17F4N3O3. The van der Waals surface area contributed by atoms with Crippen LogP contribution >= 0.6 is 0 Å². The monoisotopic (exact) mass is 459 g/mol. The van der Waals surface area contributed by atoms with Gasteiger partial charge in [-0.05, 0) is 35.9 Å². The maximum atomic E-state index is 13.4. The Morgan fingerprint density at radius 1 is 1.00 bits per heavy atom. The Hall–Kier alpha value is -4.08. The highest BCUT2D eigenvalue weighted by Crippen LogP contribution is 2.27. The van der Waals surface area contributed by atoms with Crippen molar-refractivity contribution in [1.82, 2.24) is 10.3 Å². The van der Waals surface area contributed by atoms with Crippen molar-refractivity contribution in [1.29, 1.82) is 0 Å². The molecule has 10 heteroatoms. The summed E-state index contributed by atoms with van der Waals surface area (Å²) >= 11 is 0. The summed E-state index contributed by atoms with van der Waals surface area (Å²) in [6.07, 6.45) is -4.87. The van der Waals surface area contributed by atoms with E-state index in [4.69, 9.17) is 4.42 Å². The molecule has 2 N–H and O–H groups in total. The number of para-hydroxylation sites is 3. The van der Waals surface area contributed by atoms with Gasteiger partial charge in [0, 0.05) is 12.1 Å². The van der Waals surface area contributed by atoms with Crippen LogP contribution in [-0.2, 0) is 11.3 Å². The van der Waals surface area contributed by atoms with Crippen LogP contribution in [0.3, 0.4) is 0 Å². The number of benzene rings is 3. The highest BCUT2D eigenvalue weighted by molar-refractivity contribution is 5.86. The van der Waals surface area contributed by atoms with Crippen LogP contribution in [0.2, 0.25) is 0 Å². The minimum atomic E-state index is -4.87. The first kappa shape index (κ1) is 22.1. The van der Waals surface area contributed by atoms with Crippen LogP contribution in [0.5, 0.6) is 5.75 Å². The lowest BCUT2D eigenvalue weighted by Gasteiger charge is -2.19. The predicted molar refractivity (Wildman–Crippen MR) is 112 cm³/mol. The molecule has 33 heavy (non-hydrogen) atoms. The number of halogens is 4. The lowest BCUT2D eigenvalue weighted by atomic mass is 10.1. The van der Waals surface area contributed by atoms with Crippen molar-refractivity contribution < 1.29 is 31.5 Å². The smallest absolute Gasteiger partial charge is 0.424 e. The first-order valence-corrected chi connectivity index (χ1v) is 9.77. The third-order valence-corrected chi connectivity index (χ3v) is 4.68. The fourth-order valence-corrected chi connectivity index (χ4v) is 3.17. The molecule has 4 aromatic rings. The zero-order valence-electron chi connectivity index (χ0n) is 16.9. The van der Waals surface area contributed by atoms with E-state index in [1.165, 1.54) is 42.5 Å². The molecule has 0 aliphatic carbocycles. The maximum absolute atomic E-state index is 13.4. The molecule has 1 aromatic heterocycles. The Morgan fingerprint density at radius 2 is 1.70 bits per heavy atom. The normalized spacial score (nSPS) is 12.4. The first-order chi connectivity index (χ1) is 15.8. The van der Waals surface area contributed by atoms with Crippen molar-refractivity contribution in [2.24, 2.45) is 0 Å². The molecule has 0 saturated carbocycles. The van der Waals surface area contributed by atoms with Gasteiger partial charge in [-0.3, -0.25) is 4.79 Å². The van der Waals surface area contributed by atoms with Crippen molar-refractivity contribution in [3.05, 3.63) is 89.7 Å². The van der Waals surface area contributed by atoms with Gasteiger partial charge in [-0.2, -0.15) is 4.98 Å². The van der Waals surface area contributed by atoms with Gasteiger partial charge in [0.15, 0.2) is 5.58 Å². The number of rotatable bonds is 7. The Balaban J connectivity index is 1.56. The molecule has 0 bridgehead atoms. The number of hydrogen-bond donors (Lipinski definition) is 2. The minimum absolute atomic E-state index is 0.0569. The number of carbonyl (C=O) groups excluding carboxylic acids is 1. The van der Waals surface area contributed by atoms with Gasteiger partial charge in [-0.1, -0.05) is 42.5 Å². The molecule has 0 aliphatic rings.